The Bertz CT molecular complexity index is 1260. The van der Waals surface area contributed by atoms with Gasteiger partial charge < -0.3 is 14.5 Å². The van der Waals surface area contributed by atoms with E-state index in [4.69, 9.17) is 20.8 Å². The van der Waals surface area contributed by atoms with Gasteiger partial charge in [-0.05, 0) is 54.8 Å². The summed E-state index contributed by atoms with van der Waals surface area (Å²) >= 11 is 6.04. The Labute approximate surface area is 191 Å². The van der Waals surface area contributed by atoms with E-state index in [0.717, 1.165) is 38.8 Å². The molecule has 0 saturated carbocycles. The van der Waals surface area contributed by atoms with Crippen LogP contribution in [-0.4, -0.2) is 17.5 Å². The van der Waals surface area contributed by atoms with Gasteiger partial charge in [0.25, 0.3) is 0 Å². The van der Waals surface area contributed by atoms with Crippen molar-refractivity contribution >= 4 is 34.1 Å². The molecule has 32 heavy (non-hydrogen) atoms. The molecule has 6 heteroatoms. The quantitative estimate of drug-likeness (QED) is 0.340. The maximum atomic E-state index is 12.5. The maximum absolute atomic E-state index is 12.5. The van der Waals surface area contributed by atoms with Gasteiger partial charge in [-0.15, -0.1) is 0 Å². The number of nitrogens with one attached hydrogen (secondary N) is 1. The number of carbonyl (C=O) groups excluding carboxylic acids is 1. The van der Waals surface area contributed by atoms with Gasteiger partial charge in [-0.3, -0.25) is 9.78 Å². The third kappa shape index (κ3) is 4.84. The lowest BCUT2D eigenvalue weighted by molar-refractivity contribution is -0.116. The van der Waals surface area contributed by atoms with Crippen LogP contribution in [0.15, 0.2) is 77.7 Å². The van der Waals surface area contributed by atoms with Crippen LogP contribution in [0.2, 0.25) is 5.02 Å². The Morgan fingerprint density at radius 3 is 2.75 bits per heavy atom. The smallest absolute Gasteiger partial charge is 0.244 e. The summed E-state index contributed by atoms with van der Waals surface area (Å²) in [7, 11) is 0. The highest BCUT2D eigenvalue weighted by atomic mass is 35.5. The average molecular weight is 447 g/mol. The number of pyridine rings is 1. The van der Waals surface area contributed by atoms with Crippen LogP contribution in [-0.2, 0) is 11.3 Å². The van der Waals surface area contributed by atoms with Gasteiger partial charge in [-0.2, -0.15) is 0 Å². The van der Waals surface area contributed by atoms with E-state index in [1.165, 1.54) is 0 Å². The minimum absolute atomic E-state index is 0.181. The summed E-state index contributed by atoms with van der Waals surface area (Å²) in [6, 6.07) is 15.3. The van der Waals surface area contributed by atoms with Gasteiger partial charge in [0.1, 0.15) is 11.3 Å². The Morgan fingerprint density at radius 2 is 2.03 bits per heavy atom. The molecule has 1 amide bonds. The van der Waals surface area contributed by atoms with Crippen molar-refractivity contribution in [2.45, 2.75) is 20.4 Å². The first kappa shape index (κ1) is 21.7. The first-order valence-electron chi connectivity index (χ1n) is 10.3. The summed E-state index contributed by atoms with van der Waals surface area (Å²) in [4.78, 5) is 16.6. The molecule has 4 aromatic rings. The number of nitrogens with zero attached hydrogens (tertiary/aromatic N) is 1. The van der Waals surface area contributed by atoms with Gasteiger partial charge in [0.15, 0.2) is 0 Å². The molecule has 0 fully saturated rings. The van der Waals surface area contributed by atoms with Crippen LogP contribution in [0.5, 0.6) is 5.75 Å². The molecule has 0 aliphatic heterocycles. The Hall–Kier alpha value is -3.57. The van der Waals surface area contributed by atoms with Crippen LogP contribution in [0.25, 0.3) is 27.7 Å². The molecular formula is C26H23ClN2O3. The molecule has 5 nitrogen and oxygen atoms in total. The van der Waals surface area contributed by atoms with Crippen LogP contribution in [0, 0.1) is 0 Å². The van der Waals surface area contributed by atoms with E-state index in [2.05, 4.69) is 10.3 Å². The second-order valence-electron chi connectivity index (χ2n) is 7.34. The fourth-order valence-electron chi connectivity index (χ4n) is 3.51. The Morgan fingerprint density at radius 1 is 1.22 bits per heavy atom. The average Bonchev–Trinajstić information content (AvgIpc) is 3.21. The Kier molecular flexibility index (Phi) is 6.57. The summed E-state index contributed by atoms with van der Waals surface area (Å²) in [5, 5.41) is 4.52. The molecule has 0 saturated heterocycles. The molecular weight excluding hydrogens is 424 g/mol. The van der Waals surface area contributed by atoms with Gasteiger partial charge in [-0.1, -0.05) is 29.8 Å². The van der Waals surface area contributed by atoms with Crippen LogP contribution in [0.4, 0.5) is 0 Å². The highest BCUT2D eigenvalue weighted by Crippen LogP contribution is 2.37. The monoisotopic (exact) mass is 446 g/mol. The van der Waals surface area contributed by atoms with Crippen LogP contribution in [0.1, 0.15) is 25.0 Å². The number of carbonyl (C=O) groups is 1. The highest BCUT2D eigenvalue weighted by Gasteiger charge is 2.15. The van der Waals surface area contributed by atoms with E-state index in [1.54, 1.807) is 24.7 Å². The molecule has 0 aliphatic carbocycles. The van der Waals surface area contributed by atoms with Crippen LogP contribution < -0.4 is 10.1 Å². The molecule has 2 heterocycles. The number of aromatic nitrogens is 1. The fraction of sp³-hybridized carbons (Fsp3) is 0.154. The van der Waals surface area contributed by atoms with E-state index in [9.17, 15) is 4.79 Å². The van der Waals surface area contributed by atoms with Crippen molar-refractivity contribution in [1.82, 2.24) is 10.3 Å². The van der Waals surface area contributed by atoms with Crippen molar-refractivity contribution < 1.29 is 13.9 Å². The molecule has 0 spiro atoms. The normalized spacial score (nSPS) is 11.5. The zero-order chi connectivity index (χ0) is 22.5. The van der Waals surface area contributed by atoms with Crippen molar-refractivity contribution in [3.05, 3.63) is 89.4 Å². The molecule has 2 aromatic carbocycles. The molecule has 0 bridgehead atoms. The molecule has 0 radical (unpaired) electrons. The van der Waals surface area contributed by atoms with Crippen molar-refractivity contribution in [2.24, 2.45) is 0 Å². The number of hydrogen-bond donors (Lipinski definition) is 1. The molecule has 0 aliphatic rings. The molecule has 2 aromatic heterocycles. The maximum Gasteiger partial charge on any atom is 0.244 e. The summed E-state index contributed by atoms with van der Waals surface area (Å²) in [6.45, 7) is 4.74. The number of fused-ring (bicyclic) bond motifs is 1. The minimum atomic E-state index is -0.181. The van der Waals surface area contributed by atoms with Gasteiger partial charge >= 0.3 is 0 Å². The molecule has 1 N–H and O–H groups in total. The first-order valence-corrected chi connectivity index (χ1v) is 10.7. The summed E-state index contributed by atoms with van der Waals surface area (Å²) in [5.74, 6) is 0.491. The van der Waals surface area contributed by atoms with E-state index in [0.29, 0.717) is 23.9 Å². The third-order valence-corrected chi connectivity index (χ3v) is 5.34. The van der Waals surface area contributed by atoms with Gasteiger partial charge in [0.05, 0.1) is 12.9 Å². The van der Waals surface area contributed by atoms with E-state index in [-0.39, 0.29) is 5.91 Å². The first-order chi connectivity index (χ1) is 15.5. The second kappa shape index (κ2) is 9.71. The van der Waals surface area contributed by atoms with Crippen LogP contribution >= 0.6 is 11.6 Å². The zero-order valence-corrected chi connectivity index (χ0v) is 18.6. The molecule has 0 atom stereocenters. The van der Waals surface area contributed by atoms with Gasteiger partial charge in [0.2, 0.25) is 5.91 Å². The SMILES string of the molecule is CCOc1cc2occ(-c3ccc(Cl)cc3)c2cc1/C(C)=C/C(=O)NCc1cccnc1. The van der Waals surface area contributed by atoms with Crippen molar-refractivity contribution in [1.29, 1.82) is 0 Å². The minimum Gasteiger partial charge on any atom is -0.493 e. The topological polar surface area (TPSA) is 64.4 Å². The third-order valence-electron chi connectivity index (χ3n) is 5.09. The summed E-state index contributed by atoms with van der Waals surface area (Å²) < 4.78 is 11.7. The number of ether oxygens (including phenoxy) is 1. The number of amides is 1. The van der Waals surface area contributed by atoms with Gasteiger partial charge in [0, 0.05) is 52.6 Å². The molecule has 0 unspecified atom stereocenters. The predicted octanol–water partition coefficient (Wildman–Crippen LogP) is 6.27. The Balaban J connectivity index is 1.66. The lowest BCUT2D eigenvalue weighted by Crippen LogP contribution is -2.20. The predicted molar refractivity (Wildman–Crippen MR) is 128 cm³/mol. The number of hydrogen-bond acceptors (Lipinski definition) is 4. The largest absolute Gasteiger partial charge is 0.493 e. The fourth-order valence-corrected chi connectivity index (χ4v) is 3.63. The summed E-state index contributed by atoms with van der Waals surface area (Å²) in [6.07, 6.45) is 6.75. The van der Waals surface area contributed by atoms with Gasteiger partial charge in [-0.25, -0.2) is 0 Å². The number of rotatable bonds is 7. The molecule has 162 valence electrons. The van der Waals surface area contributed by atoms with Crippen molar-refractivity contribution in [3.8, 4) is 16.9 Å². The van der Waals surface area contributed by atoms with Crippen molar-refractivity contribution in [2.75, 3.05) is 6.61 Å². The van der Waals surface area contributed by atoms with E-state index >= 15 is 0 Å². The van der Waals surface area contributed by atoms with Crippen molar-refractivity contribution in [3.63, 3.8) is 0 Å². The lowest BCUT2D eigenvalue weighted by Gasteiger charge is -2.12. The summed E-state index contributed by atoms with van der Waals surface area (Å²) in [5.41, 5.74) is 5.24. The number of furan rings is 1. The lowest BCUT2D eigenvalue weighted by atomic mass is 9.99. The standard InChI is InChI=1S/C26H23ClN2O3/c1-3-31-24-13-25-22(23(16-32-25)19-6-8-20(27)9-7-19)12-21(24)17(2)11-26(30)29-15-18-5-4-10-28-14-18/h4-14,16H,3,15H2,1-2H3,(H,29,30)/b17-11+. The molecule has 4 rings (SSSR count). The zero-order valence-electron chi connectivity index (χ0n) is 17.9. The van der Waals surface area contributed by atoms with E-state index < -0.39 is 0 Å². The van der Waals surface area contributed by atoms with E-state index in [1.807, 2.05) is 62.4 Å². The number of allylic oxidation sites excluding steroid dienone is 1. The second-order valence-corrected chi connectivity index (χ2v) is 7.78. The number of halogens is 1. The van der Waals surface area contributed by atoms with Crippen LogP contribution in [0.3, 0.4) is 0 Å². The highest BCUT2D eigenvalue weighted by molar-refractivity contribution is 6.30. The number of benzene rings is 2.